The minimum absolute atomic E-state index is 0.0797. The number of anilines is 1. The van der Waals surface area contributed by atoms with Crippen LogP contribution in [0.15, 0.2) is 72.5 Å². The van der Waals surface area contributed by atoms with Gasteiger partial charge in [-0.05, 0) is 31.2 Å². The number of benzene rings is 2. The van der Waals surface area contributed by atoms with Gasteiger partial charge in [0.05, 0.1) is 40.1 Å². The molecule has 0 saturated carbocycles. The molecule has 168 valence electrons. The van der Waals surface area contributed by atoms with Crippen LogP contribution >= 0.6 is 0 Å². The maximum atomic E-state index is 13.6. The van der Waals surface area contributed by atoms with E-state index in [1.807, 2.05) is 13.0 Å². The van der Waals surface area contributed by atoms with Gasteiger partial charge in [-0.15, -0.1) is 0 Å². The second-order valence-electron chi connectivity index (χ2n) is 8.50. The Morgan fingerprint density at radius 2 is 1.79 bits per heavy atom. The molecule has 0 unspecified atom stereocenters. The monoisotopic (exact) mass is 454 g/mol. The molecule has 0 spiro atoms. The van der Waals surface area contributed by atoms with E-state index in [1.165, 1.54) is 30.3 Å². The predicted octanol–water partition coefficient (Wildman–Crippen LogP) is 2.92. The first-order chi connectivity index (χ1) is 16.3. The van der Waals surface area contributed by atoms with Crippen molar-refractivity contribution >= 4 is 29.0 Å². The lowest BCUT2D eigenvalue weighted by Gasteiger charge is -2.32. The van der Waals surface area contributed by atoms with Crippen LogP contribution in [0.25, 0.3) is 0 Å². The molecule has 5 rings (SSSR count). The van der Waals surface area contributed by atoms with Crippen LogP contribution in [0.1, 0.15) is 15.9 Å². The van der Waals surface area contributed by atoms with Crippen LogP contribution in [0, 0.1) is 40.2 Å². The quantitative estimate of drug-likeness (QED) is 0.301. The van der Waals surface area contributed by atoms with E-state index in [2.05, 4.69) is 0 Å². The SMILES string of the molecule is Cc1ccc(N2C(=O)[C@@H]3[C@@H](C2=O)[C@@H]2C=C(C#N)C=CN2[C@@H]3C(=O)c2cccc([N+](=O)[O-])c2)cc1. The average Bonchev–Trinajstić information content (AvgIpc) is 3.31. The molecular weight excluding hydrogens is 436 g/mol. The van der Waals surface area contributed by atoms with Crippen molar-refractivity contribution in [3.05, 3.63) is 93.7 Å². The number of ketones is 1. The molecule has 3 aliphatic heterocycles. The van der Waals surface area contributed by atoms with Gasteiger partial charge >= 0.3 is 0 Å². The molecule has 2 fully saturated rings. The van der Waals surface area contributed by atoms with Gasteiger partial charge in [0.15, 0.2) is 5.78 Å². The zero-order valence-corrected chi connectivity index (χ0v) is 18.0. The molecule has 34 heavy (non-hydrogen) atoms. The fourth-order valence-electron chi connectivity index (χ4n) is 5.01. The van der Waals surface area contributed by atoms with Crippen LogP contribution in [0.2, 0.25) is 0 Å². The van der Waals surface area contributed by atoms with Gasteiger partial charge in [-0.2, -0.15) is 5.26 Å². The number of nitro groups is 1. The first kappa shape index (κ1) is 21.3. The van der Waals surface area contributed by atoms with Gasteiger partial charge in [-0.25, -0.2) is 4.90 Å². The summed E-state index contributed by atoms with van der Waals surface area (Å²) in [6.45, 7) is 1.89. The number of aryl methyl sites for hydroxylation is 1. The molecule has 0 radical (unpaired) electrons. The number of nitro benzene ring substituents is 1. The van der Waals surface area contributed by atoms with Crippen molar-refractivity contribution in [2.45, 2.75) is 19.0 Å². The van der Waals surface area contributed by atoms with Crippen molar-refractivity contribution in [3.8, 4) is 6.07 Å². The second-order valence-corrected chi connectivity index (χ2v) is 8.50. The van der Waals surface area contributed by atoms with Crippen molar-refractivity contribution in [1.29, 1.82) is 5.26 Å². The summed E-state index contributed by atoms with van der Waals surface area (Å²) in [4.78, 5) is 54.1. The Kier molecular flexibility index (Phi) is 4.87. The van der Waals surface area contributed by atoms with Gasteiger partial charge in [0.25, 0.3) is 5.69 Å². The van der Waals surface area contributed by atoms with Crippen molar-refractivity contribution in [1.82, 2.24) is 4.90 Å². The summed E-state index contributed by atoms with van der Waals surface area (Å²) in [6, 6.07) is 12.6. The number of nitrogens with zero attached hydrogens (tertiary/aromatic N) is 4. The van der Waals surface area contributed by atoms with E-state index in [1.54, 1.807) is 41.4 Å². The molecule has 2 amide bonds. The zero-order valence-electron chi connectivity index (χ0n) is 18.0. The summed E-state index contributed by atoms with van der Waals surface area (Å²) in [5.41, 5.74) is 1.55. The number of Topliss-reactive ketones (excluding diaryl/α,β-unsaturated/α-hetero) is 1. The summed E-state index contributed by atoms with van der Waals surface area (Å²) in [5, 5.41) is 20.6. The fraction of sp³-hybridized carbons (Fsp3) is 0.200. The standard InChI is InChI=1S/C25H18N4O5/c1-14-5-7-17(8-6-14)28-24(31)20-19-11-15(13-26)9-10-27(19)22(21(20)25(28)32)23(30)16-3-2-4-18(12-16)29(33)34/h2-12,19-22H,1H3/t19-,20-,21+,22-/m0/s1. The molecule has 2 saturated heterocycles. The highest BCUT2D eigenvalue weighted by atomic mass is 16.6. The molecule has 0 bridgehead atoms. The van der Waals surface area contributed by atoms with E-state index >= 15 is 0 Å². The second kappa shape index (κ2) is 7.78. The predicted molar refractivity (Wildman–Crippen MR) is 120 cm³/mol. The topological polar surface area (TPSA) is 125 Å². The lowest BCUT2D eigenvalue weighted by atomic mass is 9.86. The van der Waals surface area contributed by atoms with E-state index in [4.69, 9.17) is 0 Å². The van der Waals surface area contributed by atoms with E-state index in [9.17, 15) is 29.8 Å². The van der Waals surface area contributed by atoms with Crippen LogP contribution in [-0.2, 0) is 9.59 Å². The molecule has 2 aromatic rings. The minimum atomic E-state index is -1.04. The summed E-state index contributed by atoms with van der Waals surface area (Å²) >= 11 is 0. The van der Waals surface area contributed by atoms with Crippen LogP contribution in [0.5, 0.6) is 0 Å². The highest BCUT2D eigenvalue weighted by Gasteiger charge is 2.63. The lowest BCUT2D eigenvalue weighted by Crippen LogP contribution is -2.46. The van der Waals surface area contributed by atoms with E-state index in [0.717, 1.165) is 10.5 Å². The number of carbonyl (C=O) groups is 3. The smallest absolute Gasteiger partial charge is 0.270 e. The summed E-state index contributed by atoms with van der Waals surface area (Å²) in [5.74, 6) is -3.30. The van der Waals surface area contributed by atoms with Crippen LogP contribution in [0.3, 0.4) is 0 Å². The third-order valence-corrected chi connectivity index (χ3v) is 6.58. The number of carbonyl (C=O) groups excluding carboxylic acids is 3. The summed E-state index contributed by atoms with van der Waals surface area (Å²) in [7, 11) is 0. The highest BCUT2D eigenvalue weighted by molar-refractivity contribution is 6.24. The number of nitriles is 1. The molecule has 3 heterocycles. The Morgan fingerprint density at radius 1 is 1.09 bits per heavy atom. The van der Waals surface area contributed by atoms with Crippen LogP contribution in [-0.4, -0.2) is 39.5 Å². The Bertz CT molecular complexity index is 1350. The molecule has 9 nitrogen and oxygen atoms in total. The van der Waals surface area contributed by atoms with Crippen molar-refractivity contribution in [2.24, 2.45) is 11.8 Å². The van der Waals surface area contributed by atoms with Crippen molar-refractivity contribution < 1.29 is 19.3 Å². The summed E-state index contributed by atoms with van der Waals surface area (Å²) in [6.07, 6.45) is 4.68. The minimum Gasteiger partial charge on any atom is -0.359 e. The largest absolute Gasteiger partial charge is 0.359 e. The first-order valence-electron chi connectivity index (χ1n) is 10.6. The van der Waals surface area contributed by atoms with Gasteiger partial charge in [-0.1, -0.05) is 29.8 Å². The zero-order chi connectivity index (χ0) is 24.1. The molecular formula is C25H18N4O5. The number of amides is 2. The van der Waals surface area contributed by atoms with Gasteiger partial charge < -0.3 is 4.90 Å². The molecule has 0 aromatic heterocycles. The fourth-order valence-corrected chi connectivity index (χ4v) is 5.01. The van der Waals surface area contributed by atoms with Gasteiger partial charge in [0, 0.05) is 23.9 Å². The highest BCUT2D eigenvalue weighted by Crippen LogP contribution is 2.47. The number of allylic oxidation sites excluding steroid dienone is 2. The molecule has 9 heteroatoms. The van der Waals surface area contributed by atoms with Crippen LogP contribution < -0.4 is 4.90 Å². The number of hydrogen-bond donors (Lipinski definition) is 0. The average molecular weight is 454 g/mol. The van der Waals surface area contributed by atoms with Crippen molar-refractivity contribution in [3.63, 3.8) is 0 Å². The van der Waals surface area contributed by atoms with Gasteiger partial charge in [0.1, 0.15) is 6.04 Å². The Balaban J connectivity index is 1.60. The van der Waals surface area contributed by atoms with Gasteiger partial charge in [0.2, 0.25) is 11.8 Å². The number of fused-ring (bicyclic) bond motifs is 3. The van der Waals surface area contributed by atoms with Crippen molar-refractivity contribution in [2.75, 3.05) is 4.90 Å². The molecule has 2 aromatic carbocycles. The lowest BCUT2D eigenvalue weighted by molar-refractivity contribution is -0.384. The molecule has 4 atom stereocenters. The summed E-state index contributed by atoms with van der Waals surface area (Å²) < 4.78 is 0. The first-order valence-corrected chi connectivity index (χ1v) is 10.6. The molecule has 0 aliphatic carbocycles. The Labute approximate surface area is 194 Å². The Hall–Kier alpha value is -4.58. The maximum absolute atomic E-state index is 13.6. The maximum Gasteiger partial charge on any atom is 0.270 e. The van der Waals surface area contributed by atoms with E-state index in [0.29, 0.717) is 11.3 Å². The van der Waals surface area contributed by atoms with Gasteiger partial charge in [-0.3, -0.25) is 24.5 Å². The molecule has 0 N–H and O–H groups in total. The van der Waals surface area contributed by atoms with Crippen LogP contribution in [0.4, 0.5) is 11.4 Å². The van der Waals surface area contributed by atoms with E-state index in [-0.39, 0.29) is 11.3 Å². The third kappa shape index (κ3) is 3.11. The molecule has 3 aliphatic rings. The number of non-ortho nitro benzene ring substituents is 1. The van der Waals surface area contributed by atoms with E-state index < -0.39 is 46.4 Å². The third-order valence-electron chi connectivity index (χ3n) is 6.58. The normalized spacial score (nSPS) is 25.0. The number of rotatable bonds is 4. The Morgan fingerprint density at radius 3 is 2.47 bits per heavy atom. The number of hydrogen-bond acceptors (Lipinski definition) is 7. The number of imide groups is 1.